The first-order chi connectivity index (χ1) is 9.17. The van der Waals surface area contributed by atoms with E-state index in [1.807, 2.05) is 12.1 Å². The minimum absolute atomic E-state index is 0.326. The predicted octanol–water partition coefficient (Wildman–Crippen LogP) is 1.42. The van der Waals surface area contributed by atoms with Crippen molar-refractivity contribution >= 4 is 5.69 Å². The van der Waals surface area contributed by atoms with Gasteiger partial charge in [-0.25, -0.2) is 0 Å². The molecule has 1 heterocycles. The molecule has 0 spiro atoms. The molecule has 19 heavy (non-hydrogen) atoms. The highest BCUT2D eigenvalue weighted by Gasteiger charge is 2.20. The zero-order chi connectivity index (χ0) is 13.7. The smallest absolute Gasteiger partial charge is 0.0829 e. The molecule has 0 amide bonds. The van der Waals surface area contributed by atoms with Crippen molar-refractivity contribution in [2.75, 3.05) is 45.6 Å². The highest BCUT2D eigenvalue weighted by Crippen LogP contribution is 2.11. The topological polar surface area (TPSA) is 41.7 Å². The van der Waals surface area contributed by atoms with E-state index in [0.29, 0.717) is 6.10 Å². The van der Waals surface area contributed by atoms with E-state index in [1.165, 1.54) is 5.56 Å². The van der Waals surface area contributed by atoms with E-state index in [9.17, 15) is 0 Å². The van der Waals surface area contributed by atoms with Gasteiger partial charge in [-0.1, -0.05) is 19.1 Å². The average Bonchev–Trinajstić information content (AvgIpc) is 2.40. The Morgan fingerprint density at radius 3 is 2.74 bits per heavy atom. The normalized spacial score (nSPS) is 20.9. The van der Waals surface area contributed by atoms with Crippen molar-refractivity contribution in [3.63, 3.8) is 0 Å². The summed E-state index contributed by atoms with van der Waals surface area (Å²) in [5.41, 5.74) is 7.84. The third-order valence-electron chi connectivity index (χ3n) is 3.64. The summed E-state index contributed by atoms with van der Waals surface area (Å²) in [5, 5.41) is 0. The third kappa shape index (κ3) is 4.49. The number of hydrogen-bond donors (Lipinski definition) is 1. The minimum Gasteiger partial charge on any atom is -0.399 e. The molecule has 0 aromatic heterocycles. The molecule has 1 aliphatic rings. The molecule has 1 atom stereocenters. The largest absolute Gasteiger partial charge is 0.399 e. The van der Waals surface area contributed by atoms with Crippen molar-refractivity contribution in [1.29, 1.82) is 0 Å². The van der Waals surface area contributed by atoms with Crippen LogP contribution in [0.1, 0.15) is 12.5 Å². The Kier molecular flexibility index (Phi) is 5.19. The molecule has 1 saturated heterocycles. The van der Waals surface area contributed by atoms with Crippen LogP contribution in [0.15, 0.2) is 24.3 Å². The van der Waals surface area contributed by atoms with E-state index < -0.39 is 0 Å². The fraction of sp³-hybridized carbons (Fsp3) is 0.600. The van der Waals surface area contributed by atoms with Gasteiger partial charge >= 0.3 is 0 Å². The first-order valence-electron chi connectivity index (χ1n) is 7.04. The SMILES string of the molecule is CCN(Cc1ccc(N)cc1)CC1CN(C)CCO1. The van der Waals surface area contributed by atoms with Crippen molar-refractivity contribution in [2.24, 2.45) is 0 Å². The Morgan fingerprint density at radius 1 is 1.37 bits per heavy atom. The molecule has 1 aliphatic heterocycles. The van der Waals surface area contributed by atoms with Gasteiger partial charge in [-0.2, -0.15) is 0 Å². The lowest BCUT2D eigenvalue weighted by Gasteiger charge is -2.33. The molecule has 4 nitrogen and oxygen atoms in total. The van der Waals surface area contributed by atoms with Crippen LogP contribution in [-0.2, 0) is 11.3 Å². The van der Waals surface area contributed by atoms with E-state index >= 15 is 0 Å². The van der Waals surface area contributed by atoms with Gasteiger partial charge in [0, 0.05) is 31.9 Å². The van der Waals surface area contributed by atoms with Crippen molar-refractivity contribution in [1.82, 2.24) is 9.80 Å². The molecule has 0 saturated carbocycles. The molecule has 106 valence electrons. The molecule has 1 aromatic carbocycles. The first-order valence-corrected chi connectivity index (χ1v) is 7.04. The van der Waals surface area contributed by atoms with E-state index in [0.717, 1.165) is 45.0 Å². The van der Waals surface area contributed by atoms with Gasteiger partial charge in [0.15, 0.2) is 0 Å². The molecule has 0 aliphatic carbocycles. The van der Waals surface area contributed by atoms with Crippen LogP contribution in [0.3, 0.4) is 0 Å². The maximum absolute atomic E-state index is 5.83. The molecule has 0 radical (unpaired) electrons. The van der Waals surface area contributed by atoms with Gasteiger partial charge in [0.2, 0.25) is 0 Å². The van der Waals surface area contributed by atoms with Crippen LogP contribution < -0.4 is 5.73 Å². The number of nitrogens with two attached hydrogens (primary N) is 1. The number of anilines is 1. The maximum Gasteiger partial charge on any atom is 0.0829 e. The lowest BCUT2D eigenvalue weighted by molar-refractivity contribution is -0.0360. The average molecular weight is 263 g/mol. The number of nitrogens with zero attached hydrogens (tertiary/aromatic N) is 2. The van der Waals surface area contributed by atoms with Crippen LogP contribution in [0.5, 0.6) is 0 Å². The maximum atomic E-state index is 5.83. The number of hydrogen-bond acceptors (Lipinski definition) is 4. The van der Waals surface area contributed by atoms with Crippen molar-refractivity contribution in [2.45, 2.75) is 19.6 Å². The van der Waals surface area contributed by atoms with E-state index in [2.05, 4.69) is 35.9 Å². The summed E-state index contributed by atoms with van der Waals surface area (Å²) in [4.78, 5) is 4.76. The standard InChI is InChI=1S/C15H25N3O/c1-3-18(10-13-4-6-14(16)7-5-13)12-15-11-17(2)8-9-19-15/h4-7,15H,3,8-12,16H2,1-2H3. The molecular weight excluding hydrogens is 238 g/mol. The summed E-state index contributed by atoms with van der Waals surface area (Å²) in [6, 6.07) is 8.14. The van der Waals surface area contributed by atoms with Gasteiger partial charge in [0.25, 0.3) is 0 Å². The molecule has 2 N–H and O–H groups in total. The predicted molar refractivity (Wildman–Crippen MR) is 79.0 cm³/mol. The Bertz CT molecular complexity index is 379. The summed E-state index contributed by atoms with van der Waals surface area (Å²) in [7, 11) is 2.16. The number of morpholine rings is 1. The van der Waals surface area contributed by atoms with Crippen LogP contribution in [0.2, 0.25) is 0 Å². The Hall–Kier alpha value is -1.10. The molecule has 0 bridgehead atoms. The van der Waals surface area contributed by atoms with Crippen LogP contribution >= 0.6 is 0 Å². The van der Waals surface area contributed by atoms with Crippen LogP contribution in [0.4, 0.5) is 5.69 Å². The molecule has 4 heteroatoms. The summed E-state index contributed by atoms with van der Waals surface area (Å²) in [5.74, 6) is 0. The highest BCUT2D eigenvalue weighted by atomic mass is 16.5. The fourth-order valence-electron chi connectivity index (χ4n) is 2.45. The lowest BCUT2D eigenvalue weighted by Crippen LogP contribution is -2.45. The summed E-state index contributed by atoms with van der Waals surface area (Å²) in [6.07, 6.45) is 0.326. The highest BCUT2D eigenvalue weighted by molar-refractivity contribution is 5.39. The van der Waals surface area contributed by atoms with Gasteiger partial charge in [0.05, 0.1) is 12.7 Å². The van der Waals surface area contributed by atoms with Crippen LogP contribution in [0.25, 0.3) is 0 Å². The minimum atomic E-state index is 0.326. The quantitative estimate of drug-likeness (QED) is 0.816. The van der Waals surface area contributed by atoms with E-state index in [-0.39, 0.29) is 0 Å². The zero-order valence-electron chi connectivity index (χ0n) is 12.0. The summed E-state index contributed by atoms with van der Waals surface area (Å²) >= 11 is 0. The second kappa shape index (κ2) is 6.89. The number of ether oxygens (including phenoxy) is 1. The lowest BCUT2D eigenvalue weighted by atomic mass is 10.2. The molecule has 1 fully saturated rings. The van der Waals surface area contributed by atoms with Crippen molar-refractivity contribution in [3.05, 3.63) is 29.8 Å². The van der Waals surface area contributed by atoms with Crippen molar-refractivity contribution in [3.8, 4) is 0 Å². The summed E-state index contributed by atoms with van der Waals surface area (Å²) in [6.45, 7) is 8.10. The van der Waals surface area contributed by atoms with Gasteiger partial charge < -0.3 is 15.4 Å². The first kappa shape index (κ1) is 14.3. The molecule has 1 unspecified atom stereocenters. The number of likely N-dealkylation sites (N-methyl/N-ethyl adjacent to an activating group) is 2. The Balaban J connectivity index is 1.87. The molecular formula is C15H25N3O. The fourth-order valence-corrected chi connectivity index (χ4v) is 2.45. The Labute approximate surface area is 116 Å². The van der Waals surface area contributed by atoms with E-state index in [4.69, 9.17) is 10.5 Å². The van der Waals surface area contributed by atoms with Crippen LogP contribution in [0, 0.1) is 0 Å². The van der Waals surface area contributed by atoms with Gasteiger partial charge in [-0.05, 0) is 31.3 Å². The van der Waals surface area contributed by atoms with E-state index in [1.54, 1.807) is 0 Å². The van der Waals surface area contributed by atoms with Gasteiger partial charge in [0.1, 0.15) is 0 Å². The second-order valence-electron chi connectivity index (χ2n) is 5.32. The Morgan fingerprint density at radius 2 is 2.11 bits per heavy atom. The molecule has 2 rings (SSSR count). The van der Waals surface area contributed by atoms with Gasteiger partial charge in [-0.3, -0.25) is 4.90 Å². The number of nitrogen functional groups attached to an aromatic ring is 1. The second-order valence-corrected chi connectivity index (χ2v) is 5.32. The third-order valence-corrected chi connectivity index (χ3v) is 3.64. The van der Waals surface area contributed by atoms with Gasteiger partial charge in [-0.15, -0.1) is 0 Å². The molecule has 1 aromatic rings. The number of rotatable bonds is 5. The number of benzene rings is 1. The van der Waals surface area contributed by atoms with Crippen molar-refractivity contribution < 1.29 is 4.74 Å². The monoisotopic (exact) mass is 263 g/mol. The zero-order valence-corrected chi connectivity index (χ0v) is 12.0. The summed E-state index contributed by atoms with van der Waals surface area (Å²) < 4.78 is 5.83. The van der Waals surface area contributed by atoms with Crippen LogP contribution in [-0.4, -0.2) is 55.7 Å².